The first-order chi connectivity index (χ1) is 19.7. The van der Waals surface area contributed by atoms with E-state index in [2.05, 4.69) is 64.4 Å². The number of hydrogen-bond donors (Lipinski definition) is 0. The molecule has 40 heavy (non-hydrogen) atoms. The van der Waals surface area contributed by atoms with Crippen molar-refractivity contribution in [3.63, 3.8) is 0 Å². The van der Waals surface area contributed by atoms with Crippen molar-refractivity contribution in [2.45, 2.75) is 19.0 Å². The number of rotatable bonds is 8. The van der Waals surface area contributed by atoms with Gasteiger partial charge in [-0.1, -0.05) is 97.1 Å². The van der Waals surface area contributed by atoms with Crippen molar-refractivity contribution in [2.24, 2.45) is 0 Å². The smallest absolute Gasteiger partial charge is 0.264 e. The summed E-state index contributed by atoms with van der Waals surface area (Å²) >= 11 is 1.51. The van der Waals surface area contributed by atoms with Crippen molar-refractivity contribution in [1.29, 1.82) is 0 Å². The molecule has 1 amide bonds. The van der Waals surface area contributed by atoms with Gasteiger partial charge in [-0.2, -0.15) is 0 Å². The number of thiophene rings is 1. The van der Waals surface area contributed by atoms with E-state index in [1.807, 2.05) is 72.1 Å². The fraction of sp³-hybridized carbons (Fsp3) is 0.171. The average Bonchev–Trinajstić information content (AvgIpc) is 3.49. The maximum atomic E-state index is 14.3. The molecule has 0 N–H and O–H groups in total. The Morgan fingerprint density at radius 2 is 1.38 bits per heavy atom. The molecule has 0 bridgehead atoms. The molecule has 5 heteroatoms. The van der Waals surface area contributed by atoms with Crippen molar-refractivity contribution in [3.8, 4) is 22.6 Å². The van der Waals surface area contributed by atoms with E-state index >= 15 is 0 Å². The molecule has 1 saturated heterocycles. The monoisotopic (exact) mass is 544 g/mol. The molecule has 1 unspecified atom stereocenters. The Balaban J connectivity index is 1.27. The number of piperazine rings is 1. The van der Waals surface area contributed by atoms with Gasteiger partial charge in [0.05, 0.1) is 4.88 Å². The van der Waals surface area contributed by atoms with Crippen molar-refractivity contribution in [2.75, 3.05) is 19.6 Å². The molecule has 4 aromatic carbocycles. The number of hydrogen-bond acceptors (Lipinski definition) is 4. The molecular formula is C35H32N2O2S. The van der Waals surface area contributed by atoms with Crippen LogP contribution < -0.4 is 4.74 Å². The number of ether oxygens (including phenoxy) is 1. The third-order valence-electron chi connectivity index (χ3n) is 7.40. The van der Waals surface area contributed by atoms with Gasteiger partial charge in [-0.15, -0.1) is 11.3 Å². The molecule has 0 saturated carbocycles. The maximum Gasteiger partial charge on any atom is 0.264 e. The second-order valence-corrected chi connectivity index (χ2v) is 11.1. The summed E-state index contributed by atoms with van der Waals surface area (Å²) in [5, 5.41) is 2.01. The molecule has 6 rings (SSSR count). The van der Waals surface area contributed by atoms with Crippen LogP contribution >= 0.6 is 11.3 Å². The summed E-state index contributed by atoms with van der Waals surface area (Å²) in [7, 11) is 0. The van der Waals surface area contributed by atoms with Crippen LogP contribution in [0.2, 0.25) is 0 Å². The first kappa shape index (κ1) is 26.1. The van der Waals surface area contributed by atoms with Gasteiger partial charge >= 0.3 is 0 Å². The largest absolute Gasteiger partial charge is 0.457 e. The molecule has 2 heterocycles. The molecule has 1 aliphatic heterocycles. The third-order valence-corrected chi connectivity index (χ3v) is 8.30. The van der Waals surface area contributed by atoms with Crippen molar-refractivity contribution in [1.82, 2.24) is 9.80 Å². The van der Waals surface area contributed by atoms with E-state index in [1.165, 1.54) is 22.5 Å². The van der Waals surface area contributed by atoms with E-state index in [9.17, 15) is 4.79 Å². The maximum absolute atomic E-state index is 14.3. The fourth-order valence-corrected chi connectivity index (χ4v) is 6.31. The highest BCUT2D eigenvalue weighted by Crippen LogP contribution is 2.38. The summed E-state index contributed by atoms with van der Waals surface area (Å²) in [6, 6.07) is 41.0. The summed E-state index contributed by atoms with van der Waals surface area (Å²) in [5.74, 6) is 1.62. The molecule has 0 radical (unpaired) electrons. The molecule has 0 spiro atoms. The molecule has 200 valence electrons. The number of nitrogens with zero attached hydrogens (tertiary/aromatic N) is 2. The minimum absolute atomic E-state index is 0.0816. The van der Waals surface area contributed by atoms with Gasteiger partial charge < -0.3 is 9.64 Å². The third kappa shape index (κ3) is 6.01. The van der Waals surface area contributed by atoms with Gasteiger partial charge in [0.15, 0.2) is 0 Å². The number of amides is 1. The predicted octanol–water partition coefficient (Wildman–Crippen LogP) is 7.78. The summed E-state index contributed by atoms with van der Waals surface area (Å²) in [6.45, 7) is 3.27. The SMILES string of the molecule is O=C(c1sccc1-c1ccccc1Oc1ccccc1)N1CCN(Cc2ccccc2)CC1Cc1ccccc1. The minimum Gasteiger partial charge on any atom is -0.457 e. The van der Waals surface area contributed by atoms with Crippen LogP contribution in [0.4, 0.5) is 0 Å². The molecule has 1 aromatic heterocycles. The van der Waals surface area contributed by atoms with Gasteiger partial charge in [0.25, 0.3) is 5.91 Å². The summed E-state index contributed by atoms with van der Waals surface area (Å²) in [6.07, 6.45) is 0.826. The Morgan fingerprint density at radius 1 is 0.725 bits per heavy atom. The standard InChI is InChI=1S/C35H32N2O2S/c38-35(34-32(20-23-40-34)31-18-10-11-19-33(31)39-30-16-8-3-9-17-30)37-22-21-36(25-28-14-6-2-7-15-28)26-29(37)24-27-12-4-1-5-13-27/h1-20,23,29H,21-22,24-26H2. The first-order valence-electron chi connectivity index (χ1n) is 13.8. The van der Waals surface area contributed by atoms with Crippen LogP contribution in [-0.2, 0) is 13.0 Å². The van der Waals surface area contributed by atoms with Crippen LogP contribution in [0, 0.1) is 0 Å². The van der Waals surface area contributed by atoms with Crippen LogP contribution in [-0.4, -0.2) is 41.4 Å². The number of benzene rings is 4. The van der Waals surface area contributed by atoms with Crippen molar-refractivity contribution < 1.29 is 9.53 Å². The van der Waals surface area contributed by atoms with Crippen LogP contribution in [0.5, 0.6) is 11.5 Å². The summed E-state index contributed by atoms with van der Waals surface area (Å²) in [5.41, 5.74) is 4.40. The van der Waals surface area contributed by atoms with Gasteiger partial charge in [0.2, 0.25) is 0 Å². The zero-order valence-corrected chi connectivity index (χ0v) is 23.2. The zero-order chi connectivity index (χ0) is 27.1. The number of carbonyl (C=O) groups is 1. The minimum atomic E-state index is 0.0816. The van der Waals surface area contributed by atoms with Crippen LogP contribution in [0.3, 0.4) is 0 Å². The average molecular weight is 545 g/mol. The second kappa shape index (κ2) is 12.3. The van der Waals surface area contributed by atoms with E-state index in [0.29, 0.717) is 6.54 Å². The van der Waals surface area contributed by atoms with E-state index in [0.717, 1.165) is 53.6 Å². The van der Waals surface area contributed by atoms with E-state index < -0.39 is 0 Å². The number of carbonyl (C=O) groups excluding carboxylic acids is 1. The molecule has 1 aliphatic rings. The molecule has 1 fully saturated rings. The lowest BCUT2D eigenvalue weighted by Crippen LogP contribution is -2.55. The van der Waals surface area contributed by atoms with Crippen LogP contribution in [0.1, 0.15) is 20.8 Å². The zero-order valence-electron chi connectivity index (χ0n) is 22.4. The van der Waals surface area contributed by atoms with Crippen LogP contribution in [0.15, 0.2) is 127 Å². The molecule has 5 aromatic rings. The highest BCUT2D eigenvalue weighted by Gasteiger charge is 2.33. The number of para-hydroxylation sites is 2. The highest BCUT2D eigenvalue weighted by atomic mass is 32.1. The molecule has 0 aliphatic carbocycles. The molecule has 4 nitrogen and oxygen atoms in total. The Bertz CT molecular complexity index is 1540. The lowest BCUT2D eigenvalue weighted by atomic mass is 10.00. The normalized spacial score (nSPS) is 15.6. The van der Waals surface area contributed by atoms with Crippen LogP contribution in [0.25, 0.3) is 11.1 Å². The predicted molar refractivity (Wildman–Crippen MR) is 163 cm³/mol. The lowest BCUT2D eigenvalue weighted by molar-refractivity contribution is 0.0444. The molecular weight excluding hydrogens is 512 g/mol. The lowest BCUT2D eigenvalue weighted by Gasteiger charge is -2.41. The first-order valence-corrected chi connectivity index (χ1v) is 14.6. The van der Waals surface area contributed by atoms with E-state index in [-0.39, 0.29) is 11.9 Å². The molecule has 1 atom stereocenters. The Labute approximate surface area is 240 Å². The Kier molecular flexibility index (Phi) is 8.03. The van der Waals surface area contributed by atoms with Crippen molar-refractivity contribution >= 4 is 17.2 Å². The van der Waals surface area contributed by atoms with E-state index in [1.54, 1.807) is 0 Å². The van der Waals surface area contributed by atoms with Gasteiger partial charge in [0, 0.05) is 43.3 Å². The highest BCUT2D eigenvalue weighted by molar-refractivity contribution is 7.12. The quantitative estimate of drug-likeness (QED) is 0.200. The fourth-order valence-electron chi connectivity index (χ4n) is 5.44. The van der Waals surface area contributed by atoms with Gasteiger partial charge in [-0.3, -0.25) is 9.69 Å². The summed E-state index contributed by atoms with van der Waals surface area (Å²) < 4.78 is 6.26. The van der Waals surface area contributed by atoms with E-state index in [4.69, 9.17) is 4.74 Å². The van der Waals surface area contributed by atoms with Gasteiger partial charge in [-0.25, -0.2) is 0 Å². The topological polar surface area (TPSA) is 32.8 Å². The Hall–Kier alpha value is -4.19. The van der Waals surface area contributed by atoms with Gasteiger partial charge in [0.1, 0.15) is 11.5 Å². The van der Waals surface area contributed by atoms with Gasteiger partial charge in [-0.05, 0) is 47.2 Å². The Morgan fingerprint density at radius 3 is 2.12 bits per heavy atom. The second-order valence-electron chi connectivity index (χ2n) is 10.1. The summed E-state index contributed by atoms with van der Waals surface area (Å²) in [4.78, 5) is 19.6. The van der Waals surface area contributed by atoms with Crippen molar-refractivity contribution in [3.05, 3.63) is 143 Å².